The fraction of sp³-hybridized carbons (Fsp3) is 0.571. The highest BCUT2D eigenvalue weighted by atomic mass is 35.5. The van der Waals surface area contributed by atoms with Crippen LogP contribution in [0.1, 0.15) is 32.8 Å². The molecule has 0 fully saturated rings. The van der Waals surface area contributed by atoms with Gasteiger partial charge in [-0.05, 0) is 30.0 Å². The Morgan fingerprint density at radius 1 is 1.00 bits per heavy atom. The van der Waals surface area contributed by atoms with E-state index < -0.39 is 24.0 Å². The van der Waals surface area contributed by atoms with Gasteiger partial charge in [-0.25, -0.2) is 4.79 Å². The number of nitrogens with one attached hydrogen (secondary N) is 2. The molecule has 1 aromatic rings. The van der Waals surface area contributed by atoms with Crippen LogP contribution in [0, 0.1) is 5.92 Å². The van der Waals surface area contributed by atoms with Crippen molar-refractivity contribution in [1.29, 1.82) is 0 Å². The first kappa shape index (κ1) is 26.0. The first-order valence-corrected chi connectivity index (χ1v) is 11.0. The summed E-state index contributed by atoms with van der Waals surface area (Å²) < 4.78 is 0. The van der Waals surface area contributed by atoms with E-state index in [0.717, 1.165) is 11.3 Å². The van der Waals surface area contributed by atoms with Gasteiger partial charge in [0.25, 0.3) is 0 Å². The molecule has 2 amide bonds. The molecule has 0 aliphatic heterocycles. The lowest BCUT2D eigenvalue weighted by Gasteiger charge is -2.24. The van der Waals surface area contributed by atoms with Crippen LogP contribution in [-0.2, 0) is 20.8 Å². The van der Waals surface area contributed by atoms with Crippen LogP contribution >= 0.6 is 23.2 Å². The second-order valence-electron chi connectivity index (χ2n) is 7.52. The standard InChI is InChI=1S/C21H31Cl2N3O4/c1-14(2)12-19(21(29)30)25-20(28)18(24-15(3)27)13-16-4-6-17(7-5-16)26(10-8-22)11-9-23/h4-7,14,18-19H,8-13H2,1-3H3,(H,24,27)(H,25,28)(H,29,30)/t18-,19-/m0/s1. The predicted molar refractivity (Wildman–Crippen MR) is 120 cm³/mol. The van der Waals surface area contributed by atoms with E-state index in [1.165, 1.54) is 6.92 Å². The van der Waals surface area contributed by atoms with Crippen LogP contribution in [0.15, 0.2) is 24.3 Å². The van der Waals surface area contributed by atoms with Crippen molar-refractivity contribution in [1.82, 2.24) is 10.6 Å². The van der Waals surface area contributed by atoms with Gasteiger partial charge >= 0.3 is 5.97 Å². The number of hydrogen-bond acceptors (Lipinski definition) is 4. The van der Waals surface area contributed by atoms with E-state index in [1.54, 1.807) is 0 Å². The van der Waals surface area contributed by atoms with Gasteiger partial charge in [-0.2, -0.15) is 0 Å². The summed E-state index contributed by atoms with van der Waals surface area (Å²) in [7, 11) is 0. The number of carbonyl (C=O) groups excluding carboxylic acids is 2. The minimum absolute atomic E-state index is 0.0991. The highest BCUT2D eigenvalue weighted by molar-refractivity contribution is 6.18. The van der Waals surface area contributed by atoms with E-state index in [-0.39, 0.29) is 18.2 Å². The zero-order valence-corrected chi connectivity index (χ0v) is 19.2. The van der Waals surface area contributed by atoms with Crippen LogP contribution in [0.4, 0.5) is 5.69 Å². The molecule has 0 saturated heterocycles. The molecular formula is C21H31Cl2N3O4. The Morgan fingerprint density at radius 3 is 2.00 bits per heavy atom. The monoisotopic (exact) mass is 459 g/mol. The average molecular weight is 460 g/mol. The van der Waals surface area contributed by atoms with E-state index in [2.05, 4.69) is 15.5 Å². The maximum atomic E-state index is 12.7. The summed E-state index contributed by atoms with van der Waals surface area (Å²) in [6.45, 7) is 6.41. The van der Waals surface area contributed by atoms with Gasteiger partial charge in [0.1, 0.15) is 12.1 Å². The van der Waals surface area contributed by atoms with Crippen LogP contribution in [0.25, 0.3) is 0 Å². The molecule has 0 radical (unpaired) electrons. The van der Waals surface area contributed by atoms with Crippen molar-refractivity contribution in [3.05, 3.63) is 29.8 Å². The lowest BCUT2D eigenvalue weighted by molar-refractivity contribution is -0.142. The van der Waals surface area contributed by atoms with Crippen LogP contribution in [0.5, 0.6) is 0 Å². The molecule has 1 rings (SSSR count). The van der Waals surface area contributed by atoms with Gasteiger partial charge in [0.15, 0.2) is 0 Å². The summed E-state index contributed by atoms with van der Waals surface area (Å²) in [6.07, 6.45) is 0.546. The number of hydrogen-bond donors (Lipinski definition) is 3. The van der Waals surface area contributed by atoms with Crippen LogP contribution in [-0.4, -0.2) is 59.8 Å². The maximum absolute atomic E-state index is 12.7. The topological polar surface area (TPSA) is 98.7 Å². The van der Waals surface area contributed by atoms with Crippen molar-refractivity contribution in [3.63, 3.8) is 0 Å². The van der Waals surface area contributed by atoms with Gasteiger partial charge in [0.05, 0.1) is 0 Å². The van der Waals surface area contributed by atoms with Gasteiger partial charge < -0.3 is 20.6 Å². The number of alkyl halides is 2. The summed E-state index contributed by atoms with van der Waals surface area (Å²) in [4.78, 5) is 37.8. The number of aliphatic carboxylic acids is 1. The van der Waals surface area contributed by atoms with Crippen LogP contribution < -0.4 is 15.5 Å². The lowest BCUT2D eigenvalue weighted by Crippen LogP contribution is -2.52. The van der Waals surface area contributed by atoms with Gasteiger partial charge in [-0.3, -0.25) is 9.59 Å². The van der Waals surface area contributed by atoms with Gasteiger partial charge in [-0.15, -0.1) is 23.2 Å². The van der Waals surface area contributed by atoms with Crippen LogP contribution in [0.2, 0.25) is 0 Å². The van der Waals surface area contributed by atoms with Crippen molar-refractivity contribution in [2.75, 3.05) is 29.7 Å². The average Bonchev–Trinajstić information content (AvgIpc) is 2.66. The molecule has 0 bridgehead atoms. The highest BCUT2D eigenvalue weighted by Crippen LogP contribution is 2.17. The van der Waals surface area contributed by atoms with E-state index in [9.17, 15) is 19.5 Å². The third-order valence-electron chi connectivity index (χ3n) is 4.47. The fourth-order valence-corrected chi connectivity index (χ4v) is 3.48. The largest absolute Gasteiger partial charge is 0.480 e. The Kier molecular flexibility index (Phi) is 11.6. The summed E-state index contributed by atoms with van der Waals surface area (Å²) >= 11 is 11.7. The molecule has 0 spiro atoms. The third-order valence-corrected chi connectivity index (χ3v) is 4.80. The molecule has 3 N–H and O–H groups in total. The molecule has 0 unspecified atom stereocenters. The minimum atomic E-state index is -1.10. The quantitative estimate of drug-likeness (QED) is 0.393. The molecule has 0 heterocycles. The molecule has 0 saturated carbocycles. The SMILES string of the molecule is CC(=O)N[C@@H](Cc1ccc(N(CCCl)CCCl)cc1)C(=O)N[C@@H](CC(C)C)C(=O)O. The van der Waals surface area contributed by atoms with Crippen molar-refractivity contribution in [3.8, 4) is 0 Å². The second kappa shape index (κ2) is 13.3. The predicted octanol–water partition coefficient (Wildman–Crippen LogP) is 2.63. The van der Waals surface area contributed by atoms with Crippen molar-refractivity contribution in [2.24, 2.45) is 5.92 Å². The number of benzene rings is 1. The zero-order chi connectivity index (χ0) is 22.7. The molecule has 7 nitrogen and oxygen atoms in total. The normalized spacial score (nSPS) is 12.9. The van der Waals surface area contributed by atoms with Gasteiger partial charge in [0, 0.05) is 43.9 Å². The number of carboxylic acid groups (broad SMARTS) is 1. The molecule has 0 aliphatic carbocycles. The first-order chi connectivity index (χ1) is 14.2. The molecule has 2 atom stereocenters. The van der Waals surface area contributed by atoms with Crippen LogP contribution in [0.3, 0.4) is 0 Å². The summed E-state index contributed by atoms with van der Waals surface area (Å²) in [5.41, 5.74) is 1.79. The Bertz CT molecular complexity index is 692. The molecular weight excluding hydrogens is 429 g/mol. The smallest absolute Gasteiger partial charge is 0.326 e. The first-order valence-electron chi connectivity index (χ1n) is 9.94. The minimum Gasteiger partial charge on any atom is -0.480 e. The molecule has 30 heavy (non-hydrogen) atoms. The molecule has 9 heteroatoms. The summed E-state index contributed by atoms with van der Waals surface area (Å²) in [5.74, 6) is -0.926. The summed E-state index contributed by atoms with van der Waals surface area (Å²) in [5, 5.41) is 14.5. The third kappa shape index (κ3) is 9.22. The van der Waals surface area contributed by atoms with Gasteiger partial charge in [0.2, 0.25) is 11.8 Å². The summed E-state index contributed by atoms with van der Waals surface area (Å²) in [6, 6.07) is 5.69. The van der Waals surface area contributed by atoms with Crippen molar-refractivity contribution >= 4 is 46.7 Å². The number of amides is 2. The fourth-order valence-electron chi connectivity index (χ4n) is 3.07. The number of carbonyl (C=O) groups is 3. The maximum Gasteiger partial charge on any atom is 0.326 e. The molecule has 1 aromatic carbocycles. The molecule has 0 aliphatic rings. The van der Waals surface area contributed by atoms with Crippen molar-refractivity contribution in [2.45, 2.75) is 45.7 Å². The van der Waals surface area contributed by atoms with Gasteiger partial charge in [-0.1, -0.05) is 26.0 Å². The molecule has 168 valence electrons. The van der Waals surface area contributed by atoms with E-state index >= 15 is 0 Å². The number of halogens is 2. The number of rotatable bonds is 13. The second-order valence-corrected chi connectivity index (χ2v) is 8.27. The van der Waals surface area contributed by atoms with E-state index in [4.69, 9.17) is 23.2 Å². The van der Waals surface area contributed by atoms with E-state index in [1.807, 2.05) is 38.1 Å². The number of carboxylic acids is 1. The van der Waals surface area contributed by atoms with E-state index in [0.29, 0.717) is 31.3 Å². The van der Waals surface area contributed by atoms with Crippen molar-refractivity contribution < 1.29 is 19.5 Å². The number of anilines is 1. The Hall–Kier alpha value is -1.99. The Morgan fingerprint density at radius 2 is 1.57 bits per heavy atom. The number of nitrogens with zero attached hydrogens (tertiary/aromatic N) is 1. The molecule has 0 aromatic heterocycles. The Labute approximate surface area is 188 Å². The zero-order valence-electron chi connectivity index (χ0n) is 17.7. The lowest BCUT2D eigenvalue weighted by atomic mass is 10.0. The Balaban J connectivity index is 2.92. The highest BCUT2D eigenvalue weighted by Gasteiger charge is 2.26.